The normalized spacial score (nSPS) is 13.8. The lowest BCUT2D eigenvalue weighted by molar-refractivity contribution is -0.384. The Morgan fingerprint density at radius 2 is 1.81 bits per heavy atom. The van der Waals surface area contributed by atoms with Crippen molar-refractivity contribution in [1.82, 2.24) is 14.4 Å². The minimum absolute atomic E-state index is 0.0820. The van der Waals surface area contributed by atoms with E-state index in [1.54, 1.807) is 12.3 Å². The van der Waals surface area contributed by atoms with E-state index >= 15 is 0 Å². The molecule has 1 aliphatic heterocycles. The lowest BCUT2D eigenvalue weighted by Gasteiger charge is -2.15. The van der Waals surface area contributed by atoms with Crippen LogP contribution in [0.4, 0.5) is 17.1 Å². The van der Waals surface area contributed by atoms with E-state index in [2.05, 4.69) is 20.6 Å². The van der Waals surface area contributed by atoms with E-state index in [4.69, 9.17) is 0 Å². The van der Waals surface area contributed by atoms with Gasteiger partial charge in [-0.25, -0.2) is 9.97 Å². The monoisotopic (exact) mass is 474 g/mol. The first kappa shape index (κ1) is 21.2. The molecule has 0 fully saturated rings. The second-order valence-corrected chi connectivity index (χ2v) is 8.21. The standard InChI is InChI=1S/C27H18N6O3/c34-26-24(21-15-20(33(35)36)11-12-22(21)30-26)25(18-5-2-1-3-6-18)29-19-9-7-17(8-10-19)23-16-32-14-4-13-28-27(32)31-23/h1-16,29H,(H,30,34)/b25-24-. The second kappa shape index (κ2) is 8.48. The molecule has 2 aromatic heterocycles. The van der Waals surface area contributed by atoms with Gasteiger partial charge in [-0.15, -0.1) is 0 Å². The van der Waals surface area contributed by atoms with Crippen LogP contribution in [0.1, 0.15) is 11.1 Å². The Kier molecular flexibility index (Phi) is 5.00. The fourth-order valence-corrected chi connectivity index (χ4v) is 4.24. The van der Waals surface area contributed by atoms with Crippen molar-refractivity contribution in [1.29, 1.82) is 0 Å². The Balaban J connectivity index is 1.42. The van der Waals surface area contributed by atoms with Crippen LogP contribution >= 0.6 is 0 Å². The fourth-order valence-electron chi connectivity index (χ4n) is 4.24. The number of rotatable bonds is 5. The first-order valence-corrected chi connectivity index (χ1v) is 11.1. The van der Waals surface area contributed by atoms with Crippen LogP contribution < -0.4 is 10.6 Å². The predicted octanol–water partition coefficient (Wildman–Crippen LogP) is 5.24. The smallest absolute Gasteiger partial charge is 0.270 e. The maximum Gasteiger partial charge on any atom is 0.270 e. The Morgan fingerprint density at radius 1 is 1.00 bits per heavy atom. The number of aromatic nitrogens is 3. The van der Waals surface area contributed by atoms with Gasteiger partial charge in [0.1, 0.15) is 0 Å². The van der Waals surface area contributed by atoms with Gasteiger partial charge in [0.05, 0.1) is 21.9 Å². The molecule has 5 aromatic rings. The largest absolute Gasteiger partial charge is 0.354 e. The summed E-state index contributed by atoms with van der Waals surface area (Å²) in [5, 5.41) is 17.6. The number of nitrogens with zero attached hydrogens (tertiary/aromatic N) is 4. The maximum atomic E-state index is 13.0. The van der Waals surface area contributed by atoms with E-state index in [9.17, 15) is 14.9 Å². The number of amides is 1. The maximum absolute atomic E-state index is 13.0. The minimum Gasteiger partial charge on any atom is -0.354 e. The van der Waals surface area contributed by atoms with Gasteiger partial charge in [0.15, 0.2) is 0 Å². The van der Waals surface area contributed by atoms with Crippen molar-refractivity contribution in [3.8, 4) is 11.3 Å². The number of benzene rings is 3. The number of nitro benzene ring substituents is 1. The van der Waals surface area contributed by atoms with E-state index in [-0.39, 0.29) is 11.6 Å². The molecule has 0 bridgehead atoms. The van der Waals surface area contributed by atoms with Gasteiger partial charge >= 0.3 is 0 Å². The topological polar surface area (TPSA) is 114 Å². The molecule has 2 N–H and O–H groups in total. The highest BCUT2D eigenvalue weighted by Crippen LogP contribution is 2.39. The van der Waals surface area contributed by atoms with E-state index < -0.39 is 4.92 Å². The van der Waals surface area contributed by atoms with Crippen LogP contribution in [0.15, 0.2) is 97.5 Å². The molecule has 0 aliphatic carbocycles. The summed E-state index contributed by atoms with van der Waals surface area (Å²) < 4.78 is 1.86. The first-order valence-electron chi connectivity index (χ1n) is 11.1. The number of hydrogen-bond donors (Lipinski definition) is 2. The molecule has 0 unspecified atom stereocenters. The number of hydrogen-bond acceptors (Lipinski definition) is 6. The number of nitro groups is 1. The van der Waals surface area contributed by atoms with Crippen molar-refractivity contribution in [3.05, 3.63) is 119 Å². The van der Waals surface area contributed by atoms with E-state index in [0.717, 1.165) is 22.5 Å². The van der Waals surface area contributed by atoms with Crippen molar-refractivity contribution < 1.29 is 9.72 Å². The Labute approximate surface area is 204 Å². The Bertz CT molecular complexity index is 1640. The number of nitrogens with one attached hydrogen (secondary N) is 2. The number of fused-ring (bicyclic) bond motifs is 2. The molecule has 9 nitrogen and oxygen atoms in total. The summed E-state index contributed by atoms with van der Waals surface area (Å²) in [6.07, 6.45) is 5.50. The van der Waals surface area contributed by atoms with Crippen LogP contribution in [0.25, 0.3) is 28.3 Å². The minimum atomic E-state index is -0.468. The molecule has 36 heavy (non-hydrogen) atoms. The summed E-state index contributed by atoms with van der Waals surface area (Å²) in [5.74, 6) is 0.288. The molecule has 6 rings (SSSR count). The number of imidazole rings is 1. The van der Waals surface area contributed by atoms with Crippen LogP contribution in [-0.4, -0.2) is 25.2 Å². The van der Waals surface area contributed by atoms with E-state index in [0.29, 0.717) is 28.3 Å². The van der Waals surface area contributed by atoms with Crippen molar-refractivity contribution in [3.63, 3.8) is 0 Å². The van der Waals surface area contributed by atoms with Crippen molar-refractivity contribution >= 4 is 40.0 Å². The molecular formula is C27H18N6O3. The summed E-state index contributed by atoms with van der Waals surface area (Å²) in [4.78, 5) is 32.8. The van der Waals surface area contributed by atoms with Gasteiger partial charge < -0.3 is 10.6 Å². The zero-order chi connectivity index (χ0) is 24.6. The first-order chi connectivity index (χ1) is 17.6. The summed E-state index contributed by atoms with van der Waals surface area (Å²) in [7, 11) is 0. The molecule has 0 atom stereocenters. The molecule has 0 spiro atoms. The Hall–Kier alpha value is -5.31. The summed E-state index contributed by atoms with van der Waals surface area (Å²) in [6.45, 7) is 0. The molecule has 174 valence electrons. The van der Waals surface area contributed by atoms with Gasteiger partial charge in [-0.3, -0.25) is 19.3 Å². The molecule has 0 saturated carbocycles. The summed E-state index contributed by atoms with van der Waals surface area (Å²) in [6, 6.07) is 23.3. The molecule has 0 radical (unpaired) electrons. The SMILES string of the molecule is O=C1Nc2ccc([N+](=O)[O-])cc2/C1=C(/Nc1ccc(-c2cn3cccnc3n2)cc1)c1ccccc1. The number of carbonyl (C=O) groups is 1. The van der Waals surface area contributed by atoms with Crippen molar-refractivity contribution in [2.45, 2.75) is 0 Å². The van der Waals surface area contributed by atoms with Crippen molar-refractivity contribution in [2.75, 3.05) is 10.6 Å². The lowest BCUT2D eigenvalue weighted by atomic mass is 9.99. The van der Waals surface area contributed by atoms with Crippen LogP contribution in [0.2, 0.25) is 0 Å². The average molecular weight is 474 g/mol. The van der Waals surface area contributed by atoms with Crippen LogP contribution in [0.3, 0.4) is 0 Å². The highest BCUT2D eigenvalue weighted by atomic mass is 16.6. The van der Waals surface area contributed by atoms with Gasteiger partial charge in [-0.2, -0.15) is 0 Å². The third-order valence-corrected chi connectivity index (χ3v) is 5.96. The molecule has 3 aromatic carbocycles. The number of non-ortho nitro benzene ring substituents is 1. The molecule has 9 heteroatoms. The Morgan fingerprint density at radius 3 is 2.56 bits per heavy atom. The average Bonchev–Trinajstić information content (AvgIpc) is 3.48. The molecule has 1 amide bonds. The van der Waals surface area contributed by atoms with Gasteiger partial charge in [0.25, 0.3) is 11.6 Å². The lowest BCUT2D eigenvalue weighted by Crippen LogP contribution is -2.10. The van der Waals surface area contributed by atoms with Crippen molar-refractivity contribution in [2.24, 2.45) is 0 Å². The van der Waals surface area contributed by atoms with Gasteiger partial charge in [-0.05, 0) is 29.8 Å². The van der Waals surface area contributed by atoms with Gasteiger partial charge in [-0.1, -0.05) is 42.5 Å². The van der Waals surface area contributed by atoms with E-state index in [1.807, 2.05) is 77.5 Å². The highest BCUT2D eigenvalue weighted by molar-refractivity contribution is 6.37. The summed E-state index contributed by atoms with van der Waals surface area (Å²) >= 11 is 0. The predicted molar refractivity (Wildman–Crippen MR) is 137 cm³/mol. The third kappa shape index (κ3) is 3.74. The number of anilines is 2. The second-order valence-electron chi connectivity index (χ2n) is 8.21. The third-order valence-electron chi connectivity index (χ3n) is 5.96. The molecule has 1 aliphatic rings. The molecule has 3 heterocycles. The quantitative estimate of drug-likeness (QED) is 0.205. The molecular weight excluding hydrogens is 456 g/mol. The van der Waals surface area contributed by atoms with Crippen LogP contribution in [0.5, 0.6) is 0 Å². The zero-order valence-electron chi connectivity index (χ0n) is 18.8. The highest BCUT2D eigenvalue weighted by Gasteiger charge is 2.30. The van der Waals surface area contributed by atoms with Gasteiger partial charge in [0.2, 0.25) is 5.78 Å². The van der Waals surface area contributed by atoms with E-state index in [1.165, 1.54) is 12.1 Å². The van der Waals surface area contributed by atoms with Crippen LogP contribution in [0, 0.1) is 10.1 Å². The van der Waals surface area contributed by atoms with Crippen LogP contribution in [-0.2, 0) is 4.79 Å². The summed E-state index contributed by atoms with van der Waals surface area (Å²) in [5.41, 5.74) is 5.06. The molecule has 0 saturated heterocycles. The van der Waals surface area contributed by atoms with Gasteiger partial charge in [0, 0.05) is 53.2 Å². The zero-order valence-corrected chi connectivity index (χ0v) is 18.8. The number of carbonyl (C=O) groups excluding carboxylic acids is 1. The fraction of sp³-hybridized carbons (Fsp3) is 0.